The zero-order valence-electron chi connectivity index (χ0n) is 7.62. The zero-order chi connectivity index (χ0) is 10.7. The number of imidazole rings is 1. The molecule has 5 heteroatoms. The second-order valence-corrected chi connectivity index (χ2v) is 2.72. The molecule has 2 aromatic heterocycles. The Kier molecular flexibility index (Phi) is 2.14. The van der Waals surface area contributed by atoms with Gasteiger partial charge in [0, 0.05) is 18.6 Å². The maximum absolute atomic E-state index is 8.87. The molecule has 5 nitrogen and oxygen atoms in total. The van der Waals surface area contributed by atoms with Crippen LogP contribution in [0.1, 0.15) is 11.4 Å². The summed E-state index contributed by atoms with van der Waals surface area (Å²) >= 11 is 0. The van der Waals surface area contributed by atoms with Gasteiger partial charge in [0.1, 0.15) is 12.1 Å². The molecule has 2 aromatic rings. The third kappa shape index (κ3) is 1.43. The summed E-state index contributed by atoms with van der Waals surface area (Å²) in [6.45, 7) is 0. The van der Waals surface area contributed by atoms with Crippen LogP contribution in [0.5, 0.6) is 0 Å². The Hall–Kier alpha value is -2.66. The van der Waals surface area contributed by atoms with E-state index in [1.54, 1.807) is 24.5 Å². The zero-order valence-corrected chi connectivity index (χ0v) is 7.62. The van der Waals surface area contributed by atoms with Gasteiger partial charge in [-0.25, -0.2) is 9.97 Å². The van der Waals surface area contributed by atoms with Crippen molar-refractivity contribution in [1.29, 1.82) is 10.5 Å². The fourth-order valence-corrected chi connectivity index (χ4v) is 1.23. The Morgan fingerprint density at radius 3 is 2.73 bits per heavy atom. The highest BCUT2D eigenvalue weighted by Crippen LogP contribution is 2.11. The van der Waals surface area contributed by atoms with Crippen molar-refractivity contribution in [3.8, 4) is 18.0 Å². The Balaban J connectivity index is 2.66. The minimum Gasteiger partial charge on any atom is -0.274 e. The summed E-state index contributed by atoms with van der Waals surface area (Å²) in [7, 11) is 0. The Bertz CT molecular complexity index is 570. The summed E-state index contributed by atoms with van der Waals surface area (Å²) in [4.78, 5) is 7.89. The molecule has 0 aromatic carbocycles. The van der Waals surface area contributed by atoms with E-state index in [0.29, 0.717) is 11.4 Å². The van der Waals surface area contributed by atoms with E-state index in [1.165, 1.54) is 10.8 Å². The second-order valence-electron chi connectivity index (χ2n) is 2.72. The third-order valence-corrected chi connectivity index (χ3v) is 1.88. The van der Waals surface area contributed by atoms with Crippen molar-refractivity contribution >= 4 is 0 Å². The molecule has 0 amide bonds. The SMILES string of the molecule is N#Cc1cccnc1-n1ccnc1C#N. The quantitative estimate of drug-likeness (QED) is 0.680. The number of aromatic nitrogens is 3. The van der Waals surface area contributed by atoms with Crippen LogP contribution in [-0.2, 0) is 0 Å². The molecule has 2 heterocycles. The van der Waals surface area contributed by atoms with Crippen molar-refractivity contribution in [2.24, 2.45) is 0 Å². The molecule has 0 radical (unpaired) electrons. The number of rotatable bonds is 1. The largest absolute Gasteiger partial charge is 0.274 e. The van der Waals surface area contributed by atoms with E-state index in [0.717, 1.165) is 0 Å². The predicted octanol–water partition coefficient (Wildman–Crippen LogP) is 1.01. The minimum absolute atomic E-state index is 0.213. The first-order valence-electron chi connectivity index (χ1n) is 4.15. The first-order valence-corrected chi connectivity index (χ1v) is 4.15. The van der Waals surface area contributed by atoms with E-state index in [2.05, 4.69) is 9.97 Å². The molecule has 0 saturated heterocycles. The lowest BCUT2D eigenvalue weighted by Gasteiger charge is -2.03. The first kappa shape index (κ1) is 8.92. The smallest absolute Gasteiger partial charge is 0.218 e. The minimum atomic E-state index is 0.213. The Morgan fingerprint density at radius 1 is 1.13 bits per heavy atom. The fraction of sp³-hybridized carbons (Fsp3) is 0. The van der Waals surface area contributed by atoms with Gasteiger partial charge in [0.05, 0.1) is 5.56 Å². The molecule has 0 saturated carbocycles. The second kappa shape index (κ2) is 3.60. The summed E-state index contributed by atoms with van der Waals surface area (Å²) in [5.74, 6) is 0.638. The van der Waals surface area contributed by atoms with Crippen LogP contribution in [0.3, 0.4) is 0 Å². The van der Waals surface area contributed by atoms with Gasteiger partial charge in [-0.15, -0.1) is 0 Å². The highest BCUT2D eigenvalue weighted by molar-refractivity contribution is 5.44. The molecule has 0 aliphatic rings. The van der Waals surface area contributed by atoms with Gasteiger partial charge in [-0.2, -0.15) is 10.5 Å². The highest BCUT2D eigenvalue weighted by atomic mass is 15.1. The van der Waals surface area contributed by atoms with Crippen LogP contribution in [0.25, 0.3) is 5.82 Å². The number of pyridine rings is 1. The van der Waals surface area contributed by atoms with Crippen LogP contribution in [0, 0.1) is 22.7 Å². The van der Waals surface area contributed by atoms with Gasteiger partial charge < -0.3 is 0 Å². The molecule has 70 valence electrons. The monoisotopic (exact) mass is 195 g/mol. The van der Waals surface area contributed by atoms with Gasteiger partial charge >= 0.3 is 0 Å². The predicted molar refractivity (Wildman–Crippen MR) is 50.8 cm³/mol. The van der Waals surface area contributed by atoms with Gasteiger partial charge in [-0.05, 0) is 12.1 Å². The molecular weight excluding hydrogens is 190 g/mol. The molecule has 0 spiro atoms. The molecule has 0 aliphatic carbocycles. The van der Waals surface area contributed by atoms with Crippen molar-refractivity contribution in [3.05, 3.63) is 42.1 Å². The molecule has 0 bridgehead atoms. The molecule has 0 unspecified atom stereocenters. The summed E-state index contributed by atoms with van der Waals surface area (Å²) in [5, 5.41) is 17.7. The van der Waals surface area contributed by atoms with Crippen molar-refractivity contribution < 1.29 is 0 Å². The average molecular weight is 195 g/mol. The van der Waals surface area contributed by atoms with Gasteiger partial charge in [0.25, 0.3) is 0 Å². The molecule has 15 heavy (non-hydrogen) atoms. The third-order valence-electron chi connectivity index (χ3n) is 1.88. The van der Waals surface area contributed by atoms with Crippen LogP contribution in [0.15, 0.2) is 30.7 Å². The average Bonchev–Trinajstić information content (AvgIpc) is 2.76. The lowest BCUT2D eigenvalue weighted by Crippen LogP contribution is -2.01. The van der Waals surface area contributed by atoms with Crippen molar-refractivity contribution in [2.75, 3.05) is 0 Å². The maximum Gasteiger partial charge on any atom is 0.218 e. The Labute approximate surface area is 85.9 Å². The van der Waals surface area contributed by atoms with Crippen LogP contribution >= 0.6 is 0 Å². The lowest BCUT2D eigenvalue weighted by atomic mass is 10.3. The number of nitrogens with zero attached hydrogens (tertiary/aromatic N) is 5. The van der Waals surface area contributed by atoms with Crippen LogP contribution in [0.4, 0.5) is 0 Å². The van der Waals surface area contributed by atoms with Crippen LogP contribution in [0.2, 0.25) is 0 Å². The normalized spacial score (nSPS) is 9.20. The van der Waals surface area contributed by atoms with E-state index in [4.69, 9.17) is 10.5 Å². The first-order chi connectivity index (χ1) is 7.36. The van der Waals surface area contributed by atoms with Gasteiger partial charge in [0.15, 0.2) is 5.82 Å². The summed E-state index contributed by atoms with van der Waals surface area (Å²) < 4.78 is 1.48. The van der Waals surface area contributed by atoms with E-state index in [1.807, 2.05) is 12.1 Å². The summed E-state index contributed by atoms with van der Waals surface area (Å²) in [6.07, 6.45) is 4.66. The van der Waals surface area contributed by atoms with Gasteiger partial charge in [0.2, 0.25) is 5.82 Å². The molecule has 0 fully saturated rings. The van der Waals surface area contributed by atoms with Crippen molar-refractivity contribution in [2.45, 2.75) is 0 Å². The fourth-order valence-electron chi connectivity index (χ4n) is 1.23. The van der Waals surface area contributed by atoms with Gasteiger partial charge in [-0.3, -0.25) is 4.57 Å². The van der Waals surface area contributed by atoms with E-state index < -0.39 is 0 Å². The molecule has 2 rings (SSSR count). The molecule has 0 atom stereocenters. The van der Waals surface area contributed by atoms with Crippen molar-refractivity contribution in [1.82, 2.24) is 14.5 Å². The maximum atomic E-state index is 8.87. The molecule has 0 N–H and O–H groups in total. The standard InChI is InChI=1S/C10H5N5/c11-6-8-2-1-3-14-10(8)15-5-4-13-9(15)7-12/h1-5H. The number of nitriles is 2. The van der Waals surface area contributed by atoms with E-state index >= 15 is 0 Å². The summed E-state index contributed by atoms with van der Waals surface area (Å²) in [5.41, 5.74) is 0.409. The molecular formula is C10H5N5. The lowest BCUT2D eigenvalue weighted by molar-refractivity contribution is 0.961. The molecule has 0 aliphatic heterocycles. The van der Waals surface area contributed by atoms with Gasteiger partial charge in [-0.1, -0.05) is 0 Å². The summed E-state index contributed by atoms with van der Waals surface area (Å²) in [6, 6.07) is 7.26. The van der Waals surface area contributed by atoms with Crippen LogP contribution in [-0.4, -0.2) is 14.5 Å². The van der Waals surface area contributed by atoms with E-state index in [-0.39, 0.29) is 5.82 Å². The number of hydrogen-bond donors (Lipinski definition) is 0. The number of hydrogen-bond acceptors (Lipinski definition) is 4. The van der Waals surface area contributed by atoms with Crippen molar-refractivity contribution in [3.63, 3.8) is 0 Å². The van der Waals surface area contributed by atoms with E-state index in [9.17, 15) is 0 Å². The Morgan fingerprint density at radius 2 is 2.00 bits per heavy atom. The highest BCUT2D eigenvalue weighted by Gasteiger charge is 2.08. The van der Waals surface area contributed by atoms with Crippen LogP contribution < -0.4 is 0 Å². The topological polar surface area (TPSA) is 78.3 Å².